The molecule has 0 radical (unpaired) electrons. The molecule has 3 amide bonds. The molecule has 104 valence electrons. The maximum Gasteiger partial charge on any atom is 0.318 e. The summed E-state index contributed by atoms with van der Waals surface area (Å²) in [4.78, 5) is 21.3. The van der Waals surface area contributed by atoms with Crippen molar-refractivity contribution in [2.45, 2.75) is 13.0 Å². The van der Waals surface area contributed by atoms with Crippen LogP contribution in [0.2, 0.25) is 0 Å². The molecule has 0 saturated carbocycles. The molecule has 1 aromatic carbocycles. The normalized spacial score (nSPS) is 10.1. The number of nitrogens with two attached hydrogens (primary N) is 1. The molecule has 0 aliphatic heterocycles. The Labute approximate surface area is 112 Å². The molecule has 0 spiro atoms. The van der Waals surface area contributed by atoms with E-state index in [1.54, 1.807) is 0 Å². The molecule has 4 N–H and O–H groups in total. The van der Waals surface area contributed by atoms with E-state index < -0.39 is 11.9 Å². The van der Waals surface area contributed by atoms with E-state index in [9.17, 15) is 9.59 Å². The van der Waals surface area contributed by atoms with Gasteiger partial charge in [-0.25, -0.2) is 4.79 Å². The first kappa shape index (κ1) is 15.1. The first-order valence-corrected chi connectivity index (χ1v) is 6.10. The molecule has 1 aromatic rings. The zero-order valence-electron chi connectivity index (χ0n) is 10.7. The van der Waals surface area contributed by atoms with Crippen molar-refractivity contribution in [1.29, 1.82) is 0 Å². The van der Waals surface area contributed by atoms with E-state index in [0.717, 1.165) is 19.5 Å². The Morgan fingerprint density at radius 3 is 2.63 bits per heavy atom. The molecule has 0 atom stereocenters. The van der Waals surface area contributed by atoms with Gasteiger partial charge in [0.2, 0.25) is 0 Å². The molecule has 6 nitrogen and oxygen atoms in total. The van der Waals surface area contributed by atoms with Gasteiger partial charge < -0.3 is 15.8 Å². The van der Waals surface area contributed by atoms with Gasteiger partial charge >= 0.3 is 6.03 Å². The van der Waals surface area contributed by atoms with Crippen molar-refractivity contribution < 1.29 is 14.3 Å². The average Bonchev–Trinajstić information content (AvgIpc) is 2.38. The molecule has 0 heterocycles. The number of ether oxygens (including phenoxy) is 1. The quantitative estimate of drug-likeness (QED) is 0.592. The number of hydrogen-bond acceptors (Lipinski definition) is 4. The maximum atomic E-state index is 11.0. The van der Waals surface area contributed by atoms with Crippen molar-refractivity contribution in [3.63, 3.8) is 0 Å². The summed E-state index contributed by atoms with van der Waals surface area (Å²) in [6, 6.07) is 9.22. The lowest BCUT2D eigenvalue weighted by molar-refractivity contribution is -0.124. The highest BCUT2D eigenvalue weighted by Crippen LogP contribution is 1.96. The van der Waals surface area contributed by atoms with Crippen LogP contribution in [0.5, 0.6) is 0 Å². The van der Waals surface area contributed by atoms with Gasteiger partial charge in [0.05, 0.1) is 0 Å². The minimum absolute atomic E-state index is 0.151. The fourth-order valence-corrected chi connectivity index (χ4v) is 1.47. The zero-order chi connectivity index (χ0) is 13.9. The van der Waals surface area contributed by atoms with Crippen LogP contribution in [0.4, 0.5) is 4.79 Å². The smallest absolute Gasteiger partial charge is 0.318 e. The lowest BCUT2D eigenvalue weighted by Crippen LogP contribution is -2.37. The van der Waals surface area contributed by atoms with E-state index in [0.29, 0.717) is 6.61 Å². The third-order valence-electron chi connectivity index (χ3n) is 2.31. The van der Waals surface area contributed by atoms with E-state index in [4.69, 9.17) is 10.5 Å². The van der Waals surface area contributed by atoms with Gasteiger partial charge in [-0.3, -0.25) is 10.1 Å². The minimum Gasteiger partial charge on any atom is -0.372 e. The van der Waals surface area contributed by atoms with Crippen LogP contribution in [0.1, 0.15) is 12.0 Å². The second-order valence-corrected chi connectivity index (χ2v) is 3.98. The third kappa shape index (κ3) is 7.91. The molecular weight excluding hydrogens is 246 g/mol. The summed E-state index contributed by atoms with van der Waals surface area (Å²) in [5.74, 6) is -0.523. The van der Waals surface area contributed by atoms with Gasteiger partial charge in [-0.15, -0.1) is 0 Å². The molecule has 0 aromatic heterocycles. The van der Waals surface area contributed by atoms with E-state index >= 15 is 0 Å². The van der Waals surface area contributed by atoms with Crippen LogP contribution in [-0.2, 0) is 16.1 Å². The van der Waals surface area contributed by atoms with Crippen LogP contribution in [-0.4, -0.2) is 31.7 Å². The number of urea groups is 1. The number of benzene rings is 1. The lowest BCUT2D eigenvalue weighted by Gasteiger charge is -2.06. The van der Waals surface area contributed by atoms with Crippen LogP contribution >= 0.6 is 0 Å². The van der Waals surface area contributed by atoms with E-state index in [1.165, 1.54) is 5.56 Å². The fourth-order valence-electron chi connectivity index (χ4n) is 1.47. The molecule has 1 rings (SSSR count). The minimum atomic E-state index is -0.863. The summed E-state index contributed by atoms with van der Waals surface area (Å²) in [6.07, 6.45) is 0.788. The molecule has 0 saturated heterocycles. The second-order valence-electron chi connectivity index (χ2n) is 3.98. The van der Waals surface area contributed by atoms with Crippen molar-refractivity contribution in [2.75, 3.05) is 19.8 Å². The summed E-state index contributed by atoms with van der Waals surface area (Å²) in [6.45, 7) is 1.91. The summed E-state index contributed by atoms with van der Waals surface area (Å²) in [7, 11) is 0. The molecule has 0 fully saturated rings. The summed E-state index contributed by atoms with van der Waals surface area (Å²) in [5.41, 5.74) is 6.01. The van der Waals surface area contributed by atoms with Gasteiger partial charge in [0.15, 0.2) is 0 Å². The van der Waals surface area contributed by atoms with E-state index in [1.807, 2.05) is 23.5 Å². The Morgan fingerprint density at radius 2 is 1.95 bits per heavy atom. The first-order chi connectivity index (χ1) is 9.18. The van der Waals surface area contributed by atoms with Gasteiger partial charge in [0.25, 0.3) is 5.91 Å². The number of carbonyl (C=O) groups is 2. The molecule has 0 unspecified atom stereocenters. The van der Waals surface area contributed by atoms with Gasteiger partial charge in [0, 0.05) is 13.2 Å². The zero-order valence-corrected chi connectivity index (χ0v) is 10.7. The predicted molar refractivity (Wildman–Crippen MR) is 71.3 cm³/mol. The van der Waals surface area contributed by atoms with Crippen molar-refractivity contribution in [3.05, 3.63) is 35.9 Å². The topological polar surface area (TPSA) is 93.5 Å². The summed E-state index contributed by atoms with van der Waals surface area (Å²) in [5, 5.41) is 5.19. The molecule has 0 bridgehead atoms. The molecular formula is C13H19N3O3. The molecule has 6 heteroatoms. The highest BCUT2D eigenvalue weighted by Gasteiger charge is 2.03. The van der Waals surface area contributed by atoms with Crippen molar-refractivity contribution in [2.24, 2.45) is 5.73 Å². The lowest BCUT2D eigenvalue weighted by atomic mass is 10.2. The monoisotopic (exact) mass is 265 g/mol. The Bertz CT molecular complexity index is 395. The average molecular weight is 265 g/mol. The number of imide groups is 1. The summed E-state index contributed by atoms with van der Waals surface area (Å²) >= 11 is 0. The molecule has 19 heavy (non-hydrogen) atoms. The number of nitrogens with one attached hydrogen (secondary N) is 2. The third-order valence-corrected chi connectivity index (χ3v) is 2.31. The Hall–Kier alpha value is -1.92. The second kappa shape index (κ2) is 9.07. The predicted octanol–water partition coefficient (Wildman–Crippen LogP) is 0.378. The maximum absolute atomic E-state index is 11.0. The summed E-state index contributed by atoms with van der Waals surface area (Å²) < 4.78 is 5.09. The standard InChI is InChI=1S/C13H19N3O3/c14-13(18)16-12(17)10-19-8-4-7-15-9-11-5-2-1-3-6-11/h1-3,5-6,15H,4,7-10H2,(H3,14,16,17,18). The van der Waals surface area contributed by atoms with E-state index in [2.05, 4.69) is 17.4 Å². The Kier molecular flexibility index (Phi) is 7.23. The number of amides is 3. The first-order valence-electron chi connectivity index (χ1n) is 6.10. The fraction of sp³-hybridized carbons (Fsp3) is 0.385. The number of hydrogen-bond donors (Lipinski definition) is 3. The number of rotatable bonds is 8. The highest BCUT2D eigenvalue weighted by atomic mass is 16.5. The SMILES string of the molecule is NC(=O)NC(=O)COCCCNCc1ccccc1. The number of carbonyl (C=O) groups excluding carboxylic acids is 2. The van der Waals surface area contributed by atoms with Gasteiger partial charge in [-0.05, 0) is 18.5 Å². The largest absolute Gasteiger partial charge is 0.372 e. The van der Waals surface area contributed by atoms with Crippen LogP contribution in [0.25, 0.3) is 0 Å². The number of primary amides is 1. The Morgan fingerprint density at radius 1 is 1.21 bits per heavy atom. The van der Waals surface area contributed by atoms with Crippen LogP contribution in [0.3, 0.4) is 0 Å². The van der Waals surface area contributed by atoms with Gasteiger partial charge in [0.1, 0.15) is 6.61 Å². The molecule has 0 aliphatic carbocycles. The van der Waals surface area contributed by atoms with Crippen molar-refractivity contribution >= 4 is 11.9 Å². The van der Waals surface area contributed by atoms with Gasteiger partial charge in [-0.2, -0.15) is 0 Å². The van der Waals surface area contributed by atoms with Crippen molar-refractivity contribution in [3.8, 4) is 0 Å². The van der Waals surface area contributed by atoms with Crippen LogP contribution in [0.15, 0.2) is 30.3 Å². The van der Waals surface area contributed by atoms with Crippen LogP contribution in [0, 0.1) is 0 Å². The van der Waals surface area contributed by atoms with E-state index in [-0.39, 0.29) is 6.61 Å². The van der Waals surface area contributed by atoms with Crippen molar-refractivity contribution in [1.82, 2.24) is 10.6 Å². The van der Waals surface area contributed by atoms with Crippen LogP contribution < -0.4 is 16.4 Å². The van der Waals surface area contributed by atoms with Gasteiger partial charge in [-0.1, -0.05) is 30.3 Å². The highest BCUT2D eigenvalue weighted by molar-refractivity contribution is 5.94. The Balaban J connectivity index is 1.94. The molecule has 0 aliphatic rings.